The second-order valence-corrected chi connectivity index (χ2v) is 13.0. The number of hydrogen-bond acceptors (Lipinski definition) is 8. The molecule has 6 rings (SSSR count). The van der Waals surface area contributed by atoms with Crippen LogP contribution in [0.15, 0.2) is 94.1 Å². The van der Waals surface area contributed by atoms with E-state index in [1.807, 2.05) is 38.4 Å². The van der Waals surface area contributed by atoms with Crippen LogP contribution >= 0.6 is 43.5 Å². The first kappa shape index (κ1) is 36.0. The molecule has 47 heavy (non-hydrogen) atoms. The standard InChI is InChI=1S/C17H16BrFN4.C9H14N2.C8H3BrClFN2/c1-23(2)10-11-3-5-12(6-4-11)21-17-20-9-13-15(22-17)8-7-14(18)16(13)19;1-11(2)7-8-3-5-9(10)6-4-8;9-5-1-2-6-4(7(5)11)3-12-8(10)13-6/h3-9H,10H2,1-2H3,(H,20,21,22);3-6H,7,10H2,1-2H3;1-3H. The lowest BCUT2D eigenvalue weighted by Crippen LogP contribution is -2.10. The molecule has 8 nitrogen and oxygen atoms in total. The summed E-state index contributed by atoms with van der Waals surface area (Å²) >= 11 is 11.8. The van der Waals surface area contributed by atoms with Gasteiger partial charge in [0.2, 0.25) is 11.2 Å². The highest BCUT2D eigenvalue weighted by molar-refractivity contribution is 9.10. The molecule has 0 aliphatic heterocycles. The van der Waals surface area contributed by atoms with Crippen molar-refractivity contribution in [3.8, 4) is 0 Å². The number of fused-ring (bicyclic) bond motifs is 2. The summed E-state index contributed by atoms with van der Waals surface area (Å²) in [5.41, 5.74) is 10.9. The molecular weight excluding hydrogens is 754 g/mol. The summed E-state index contributed by atoms with van der Waals surface area (Å²) in [6, 6.07) is 22.7. The van der Waals surface area contributed by atoms with Crippen LogP contribution in [0.2, 0.25) is 5.28 Å². The zero-order valence-corrected chi connectivity index (χ0v) is 30.1. The fourth-order valence-corrected chi connectivity index (χ4v) is 5.14. The summed E-state index contributed by atoms with van der Waals surface area (Å²) in [4.78, 5) is 20.4. The largest absolute Gasteiger partial charge is 0.399 e. The van der Waals surface area contributed by atoms with E-state index in [1.54, 1.807) is 24.3 Å². The van der Waals surface area contributed by atoms with Gasteiger partial charge < -0.3 is 20.9 Å². The van der Waals surface area contributed by atoms with E-state index in [2.05, 4.69) is 105 Å². The molecule has 2 heterocycles. The molecular formula is C34H33Br2ClF2N8. The summed E-state index contributed by atoms with van der Waals surface area (Å²) in [6.45, 7) is 1.86. The van der Waals surface area contributed by atoms with Crippen molar-refractivity contribution in [1.82, 2.24) is 29.7 Å². The van der Waals surface area contributed by atoms with Gasteiger partial charge in [-0.1, -0.05) is 24.3 Å². The second-order valence-electron chi connectivity index (χ2n) is 11.0. The Balaban J connectivity index is 0.000000176. The van der Waals surface area contributed by atoms with Gasteiger partial charge in [0.05, 0.1) is 30.8 Å². The van der Waals surface area contributed by atoms with Crippen molar-refractivity contribution in [3.63, 3.8) is 0 Å². The van der Waals surface area contributed by atoms with Gasteiger partial charge in [0, 0.05) is 36.9 Å². The first-order chi connectivity index (χ1) is 22.4. The molecule has 2 aromatic heterocycles. The van der Waals surface area contributed by atoms with E-state index in [0.717, 1.165) is 24.5 Å². The van der Waals surface area contributed by atoms with Crippen LogP contribution in [0.5, 0.6) is 0 Å². The maximum Gasteiger partial charge on any atom is 0.227 e. The van der Waals surface area contributed by atoms with Gasteiger partial charge in [0.25, 0.3) is 0 Å². The number of nitrogens with zero attached hydrogens (tertiary/aromatic N) is 6. The molecule has 244 valence electrons. The highest BCUT2D eigenvalue weighted by Gasteiger charge is 2.09. The number of nitrogen functional groups attached to an aromatic ring is 1. The molecule has 0 fully saturated rings. The lowest BCUT2D eigenvalue weighted by atomic mass is 10.2. The highest BCUT2D eigenvalue weighted by Crippen LogP contribution is 2.25. The van der Waals surface area contributed by atoms with Gasteiger partial charge in [0.1, 0.15) is 11.6 Å². The maximum absolute atomic E-state index is 14.0. The zero-order valence-electron chi connectivity index (χ0n) is 26.1. The molecule has 4 aromatic carbocycles. The van der Waals surface area contributed by atoms with Crippen LogP contribution in [-0.2, 0) is 13.1 Å². The molecule has 13 heteroatoms. The summed E-state index contributed by atoms with van der Waals surface area (Å²) in [7, 11) is 8.17. The fourth-order valence-electron chi connectivity index (χ4n) is 4.30. The number of anilines is 3. The van der Waals surface area contributed by atoms with Crippen LogP contribution < -0.4 is 11.1 Å². The molecule has 6 aromatic rings. The molecule has 0 radical (unpaired) electrons. The normalized spacial score (nSPS) is 10.9. The number of halogens is 5. The first-order valence-electron chi connectivity index (χ1n) is 14.3. The van der Waals surface area contributed by atoms with Crippen LogP contribution in [0.4, 0.5) is 26.1 Å². The minimum absolute atomic E-state index is 0.120. The first-order valence-corrected chi connectivity index (χ1v) is 16.2. The smallest absolute Gasteiger partial charge is 0.227 e. The average molecular weight is 787 g/mol. The predicted molar refractivity (Wildman–Crippen MR) is 195 cm³/mol. The molecule has 0 spiro atoms. The van der Waals surface area contributed by atoms with Gasteiger partial charge in [-0.2, -0.15) is 0 Å². The van der Waals surface area contributed by atoms with Crippen molar-refractivity contribution in [2.75, 3.05) is 39.2 Å². The third kappa shape index (κ3) is 10.6. The van der Waals surface area contributed by atoms with Crippen molar-refractivity contribution < 1.29 is 8.78 Å². The SMILES string of the molecule is CN(C)Cc1ccc(N)cc1.CN(C)Cc1ccc(Nc2ncc3c(F)c(Br)ccc3n2)cc1.Fc1c(Br)ccc2nc(Cl)ncc12. The number of benzene rings is 4. The quantitative estimate of drug-likeness (QED) is 0.128. The van der Waals surface area contributed by atoms with Crippen molar-refractivity contribution in [3.05, 3.63) is 122 Å². The van der Waals surface area contributed by atoms with Gasteiger partial charge >= 0.3 is 0 Å². The van der Waals surface area contributed by atoms with Gasteiger partial charge in [-0.05, 0) is 131 Å². The summed E-state index contributed by atoms with van der Waals surface area (Å²) in [5, 5.41) is 4.01. The molecule has 0 unspecified atom stereocenters. The summed E-state index contributed by atoms with van der Waals surface area (Å²) in [6.07, 6.45) is 2.86. The molecule has 0 amide bonds. The maximum atomic E-state index is 14.0. The lowest BCUT2D eigenvalue weighted by molar-refractivity contribution is 0.402. The van der Waals surface area contributed by atoms with E-state index in [0.29, 0.717) is 36.7 Å². The predicted octanol–water partition coefficient (Wildman–Crippen LogP) is 8.85. The Morgan fingerprint density at radius 1 is 0.681 bits per heavy atom. The van der Waals surface area contributed by atoms with Crippen molar-refractivity contribution >= 4 is 82.6 Å². The lowest BCUT2D eigenvalue weighted by Gasteiger charge is -2.11. The molecule has 0 bridgehead atoms. The topological polar surface area (TPSA) is 96.1 Å². The van der Waals surface area contributed by atoms with Crippen molar-refractivity contribution in [2.45, 2.75) is 13.1 Å². The van der Waals surface area contributed by atoms with Gasteiger partial charge in [0.15, 0.2) is 0 Å². The van der Waals surface area contributed by atoms with E-state index in [9.17, 15) is 8.78 Å². The van der Waals surface area contributed by atoms with E-state index in [4.69, 9.17) is 17.3 Å². The molecule has 0 aliphatic carbocycles. The van der Waals surface area contributed by atoms with Crippen LogP contribution in [0.25, 0.3) is 21.8 Å². The Kier molecular flexibility index (Phi) is 12.9. The number of hydrogen-bond donors (Lipinski definition) is 2. The third-order valence-corrected chi connectivity index (χ3v) is 7.87. The van der Waals surface area contributed by atoms with Gasteiger partial charge in [-0.25, -0.2) is 28.7 Å². The highest BCUT2D eigenvalue weighted by atomic mass is 79.9. The Morgan fingerprint density at radius 2 is 1.15 bits per heavy atom. The molecule has 0 aliphatic rings. The third-order valence-electron chi connectivity index (χ3n) is 6.46. The van der Waals surface area contributed by atoms with E-state index >= 15 is 0 Å². The van der Waals surface area contributed by atoms with Crippen molar-refractivity contribution in [2.24, 2.45) is 0 Å². The fraction of sp³-hybridized carbons (Fsp3) is 0.176. The van der Waals surface area contributed by atoms with Crippen LogP contribution in [0.3, 0.4) is 0 Å². The molecule has 0 atom stereocenters. The number of aromatic nitrogens is 4. The number of rotatable bonds is 6. The Morgan fingerprint density at radius 3 is 1.66 bits per heavy atom. The number of nitrogens with two attached hydrogens (primary N) is 1. The minimum atomic E-state index is -0.367. The Bertz CT molecular complexity index is 1940. The Hall–Kier alpha value is -3.81. The Labute approximate surface area is 294 Å². The minimum Gasteiger partial charge on any atom is -0.399 e. The summed E-state index contributed by atoms with van der Waals surface area (Å²) < 4.78 is 28.1. The second kappa shape index (κ2) is 16.8. The van der Waals surface area contributed by atoms with Gasteiger partial charge in [-0.3, -0.25) is 0 Å². The van der Waals surface area contributed by atoms with Crippen LogP contribution in [0.1, 0.15) is 11.1 Å². The number of nitrogens with one attached hydrogen (secondary N) is 1. The molecule has 3 N–H and O–H groups in total. The monoisotopic (exact) mass is 784 g/mol. The van der Waals surface area contributed by atoms with Crippen molar-refractivity contribution in [1.29, 1.82) is 0 Å². The van der Waals surface area contributed by atoms with E-state index in [-0.39, 0.29) is 16.9 Å². The van der Waals surface area contributed by atoms with E-state index in [1.165, 1.54) is 23.5 Å². The summed E-state index contributed by atoms with van der Waals surface area (Å²) in [5.74, 6) is -0.268. The van der Waals surface area contributed by atoms with Gasteiger partial charge in [-0.15, -0.1) is 0 Å². The molecule has 0 saturated carbocycles. The zero-order chi connectivity index (χ0) is 34.1. The average Bonchev–Trinajstić information content (AvgIpc) is 3.03. The van der Waals surface area contributed by atoms with Crippen LogP contribution in [-0.4, -0.2) is 57.9 Å². The molecule has 0 saturated heterocycles. The van der Waals surface area contributed by atoms with E-state index < -0.39 is 0 Å². The van der Waals surface area contributed by atoms with Crippen LogP contribution in [0, 0.1) is 11.6 Å².